The molecule has 0 spiro atoms. The largest absolute Gasteiger partial charge is 0.481 e. The van der Waals surface area contributed by atoms with Crippen LogP contribution in [0.2, 0.25) is 0 Å². The lowest BCUT2D eigenvalue weighted by atomic mass is 10.2. The van der Waals surface area contributed by atoms with Gasteiger partial charge in [0.2, 0.25) is 10.0 Å². The predicted octanol–water partition coefficient (Wildman–Crippen LogP) is 0.845. The molecule has 8 heteroatoms. The van der Waals surface area contributed by atoms with E-state index < -0.39 is 22.2 Å². The summed E-state index contributed by atoms with van der Waals surface area (Å²) >= 11 is 0. The smallest absolute Gasteiger partial charge is 0.303 e. The Morgan fingerprint density at radius 1 is 1.37 bits per heavy atom. The molecule has 0 bridgehead atoms. The lowest BCUT2D eigenvalue weighted by Crippen LogP contribution is -2.41. The van der Waals surface area contributed by atoms with Gasteiger partial charge >= 0.3 is 5.97 Å². The first-order valence-corrected chi connectivity index (χ1v) is 6.86. The van der Waals surface area contributed by atoms with E-state index in [2.05, 4.69) is 4.72 Å². The summed E-state index contributed by atoms with van der Waals surface area (Å²) in [4.78, 5) is 10.5. The number of hydrogen-bond acceptors (Lipinski definition) is 4. The number of halogens is 1. The van der Waals surface area contributed by atoms with E-state index in [1.165, 1.54) is 12.1 Å². The van der Waals surface area contributed by atoms with Crippen LogP contribution in [0, 0.1) is 6.92 Å². The third kappa shape index (κ3) is 6.02. The maximum absolute atomic E-state index is 11.9. The van der Waals surface area contributed by atoms with Crippen molar-refractivity contribution >= 4 is 28.4 Å². The van der Waals surface area contributed by atoms with Crippen molar-refractivity contribution in [2.24, 2.45) is 5.73 Å². The van der Waals surface area contributed by atoms with Crippen LogP contribution in [0.25, 0.3) is 0 Å². The molecule has 1 aromatic carbocycles. The number of nitrogens with one attached hydrogen (secondary N) is 1. The van der Waals surface area contributed by atoms with E-state index in [0.717, 1.165) is 5.56 Å². The minimum absolute atomic E-state index is 0. The average molecular weight is 309 g/mol. The van der Waals surface area contributed by atoms with E-state index in [0.29, 0.717) is 0 Å². The number of aryl methyl sites for hydroxylation is 1. The Morgan fingerprint density at radius 3 is 2.37 bits per heavy atom. The van der Waals surface area contributed by atoms with E-state index in [-0.39, 0.29) is 30.1 Å². The van der Waals surface area contributed by atoms with Crippen LogP contribution in [0.4, 0.5) is 0 Å². The van der Waals surface area contributed by atoms with E-state index in [1.807, 2.05) is 6.92 Å². The van der Waals surface area contributed by atoms with Crippen LogP contribution in [0.15, 0.2) is 29.2 Å². The standard InChI is InChI=1S/C11H16N2O4S.ClH/c1-8-2-4-9(5-3-8)18(16,17)13-10(12)6-7-11(14)15;/h2-5,10,13H,6-7,12H2,1H3,(H,14,15);1H/t10-;/m1./s1. The zero-order valence-corrected chi connectivity index (χ0v) is 12.0. The fourth-order valence-corrected chi connectivity index (χ4v) is 2.47. The molecule has 1 aromatic rings. The molecule has 0 saturated heterocycles. The molecule has 1 rings (SSSR count). The number of carboxylic acids is 1. The molecule has 0 aliphatic heterocycles. The Labute approximate surface area is 118 Å². The maximum Gasteiger partial charge on any atom is 0.303 e. The highest BCUT2D eigenvalue weighted by atomic mass is 35.5. The van der Waals surface area contributed by atoms with E-state index in [1.54, 1.807) is 12.1 Å². The summed E-state index contributed by atoms with van der Waals surface area (Å²) < 4.78 is 26.0. The fraction of sp³-hybridized carbons (Fsp3) is 0.364. The first kappa shape index (κ1) is 17.8. The number of carboxylic acid groups (broad SMARTS) is 1. The van der Waals surface area contributed by atoms with Gasteiger partial charge in [-0.2, -0.15) is 4.72 Å². The number of aliphatic carboxylic acids is 1. The van der Waals surface area contributed by atoms with E-state index in [4.69, 9.17) is 10.8 Å². The molecule has 0 aliphatic carbocycles. The van der Waals surface area contributed by atoms with Crippen LogP contribution in [0.1, 0.15) is 18.4 Å². The Morgan fingerprint density at radius 2 is 1.89 bits per heavy atom. The van der Waals surface area contributed by atoms with Crippen LogP contribution < -0.4 is 10.5 Å². The Balaban J connectivity index is 0.00000324. The minimum Gasteiger partial charge on any atom is -0.481 e. The molecule has 108 valence electrons. The third-order valence-electron chi connectivity index (χ3n) is 2.31. The minimum atomic E-state index is -3.69. The van der Waals surface area contributed by atoms with Crippen molar-refractivity contribution in [3.8, 4) is 0 Å². The zero-order valence-electron chi connectivity index (χ0n) is 10.4. The van der Waals surface area contributed by atoms with Gasteiger partial charge in [-0.1, -0.05) is 17.7 Å². The molecule has 19 heavy (non-hydrogen) atoms. The second-order valence-corrected chi connectivity index (χ2v) is 5.69. The molecule has 4 N–H and O–H groups in total. The first-order valence-electron chi connectivity index (χ1n) is 5.37. The SMILES string of the molecule is Cc1ccc(S(=O)(=O)N[C@@H](N)CCC(=O)O)cc1.Cl. The monoisotopic (exact) mass is 308 g/mol. The molecule has 0 saturated carbocycles. The molecule has 0 unspecified atom stereocenters. The van der Waals surface area contributed by atoms with Crippen LogP contribution in [0.5, 0.6) is 0 Å². The molecule has 1 atom stereocenters. The fourth-order valence-electron chi connectivity index (χ4n) is 1.32. The van der Waals surface area contributed by atoms with Gasteiger partial charge in [-0.3, -0.25) is 4.79 Å². The molecule has 0 radical (unpaired) electrons. The van der Waals surface area contributed by atoms with Gasteiger partial charge in [0.15, 0.2) is 0 Å². The second-order valence-electron chi connectivity index (χ2n) is 3.97. The van der Waals surface area contributed by atoms with Crippen LogP contribution in [-0.2, 0) is 14.8 Å². The Hall–Kier alpha value is -1.15. The molecular formula is C11H17ClN2O4S. The lowest BCUT2D eigenvalue weighted by molar-refractivity contribution is -0.137. The molecule has 0 aliphatic rings. The molecule has 0 aromatic heterocycles. The van der Waals surface area contributed by atoms with Gasteiger partial charge in [-0.05, 0) is 25.5 Å². The van der Waals surface area contributed by atoms with Crippen LogP contribution in [0.3, 0.4) is 0 Å². The summed E-state index contributed by atoms with van der Waals surface area (Å²) in [6.07, 6.45) is -1.05. The number of nitrogens with two attached hydrogens (primary N) is 1. The van der Waals surface area contributed by atoms with E-state index >= 15 is 0 Å². The number of benzene rings is 1. The van der Waals surface area contributed by atoms with Crippen molar-refractivity contribution in [1.29, 1.82) is 0 Å². The normalized spacial score (nSPS) is 12.5. The first-order chi connectivity index (χ1) is 8.31. The molecule has 0 heterocycles. The quantitative estimate of drug-likeness (QED) is 0.675. The summed E-state index contributed by atoms with van der Waals surface area (Å²) in [6.45, 7) is 1.85. The van der Waals surface area contributed by atoms with Crippen molar-refractivity contribution in [2.75, 3.05) is 0 Å². The summed E-state index contributed by atoms with van der Waals surface area (Å²) in [7, 11) is -3.69. The Kier molecular flexibility index (Phi) is 6.99. The van der Waals surface area contributed by atoms with Crippen molar-refractivity contribution in [3.05, 3.63) is 29.8 Å². The summed E-state index contributed by atoms with van der Waals surface area (Å²) in [6, 6.07) is 6.30. The van der Waals surface area contributed by atoms with Crippen molar-refractivity contribution in [2.45, 2.75) is 30.8 Å². The zero-order chi connectivity index (χ0) is 13.8. The molecule has 0 fully saturated rings. The van der Waals surface area contributed by atoms with Gasteiger partial charge < -0.3 is 10.8 Å². The summed E-state index contributed by atoms with van der Waals surface area (Å²) in [5, 5.41) is 8.48. The third-order valence-corrected chi connectivity index (χ3v) is 3.81. The van der Waals surface area contributed by atoms with Gasteiger partial charge in [-0.15, -0.1) is 12.4 Å². The molecule has 6 nitrogen and oxygen atoms in total. The number of carbonyl (C=O) groups is 1. The Bertz CT molecular complexity index is 516. The van der Waals surface area contributed by atoms with Crippen molar-refractivity contribution < 1.29 is 18.3 Å². The molecule has 0 amide bonds. The van der Waals surface area contributed by atoms with Crippen LogP contribution in [-0.4, -0.2) is 25.7 Å². The van der Waals surface area contributed by atoms with Crippen molar-refractivity contribution in [1.82, 2.24) is 4.72 Å². The highest BCUT2D eigenvalue weighted by molar-refractivity contribution is 7.89. The van der Waals surface area contributed by atoms with Gasteiger partial charge in [0.1, 0.15) is 0 Å². The van der Waals surface area contributed by atoms with Crippen molar-refractivity contribution in [3.63, 3.8) is 0 Å². The topological polar surface area (TPSA) is 109 Å². The highest BCUT2D eigenvalue weighted by Crippen LogP contribution is 2.10. The second kappa shape index (κ2) is 7.44. The average Bonchev–Trinajstić information content (AvgIpc) is 2.26. The molecular weight excluding hydrogens is 292 g/mol. The number of rotatable bonds is 6. The lowest BCUT2D eigenvalue weighted by Gasteiger charge is -2.13. The van der Waals surface area contributed by atoms with E-state index in [9.17, 15) is 13.2 Å². The van der Waals surface area contributed by atoms with Gasteiger partial charge in [0, 0.05) is 6.42 Å². The maximum atomic E-state index is 11.9. The highest BCUT2D eigenvalue weighted by Gasteiger charge is 2.17. The predicted molar refractivity (Wildman–Crippen MR) is 73.6 cm³/mol. The van der Waals surface area contributed by atoms with Gasteiger partial charge in [0.25, 0.3) is 0 Å². The summed E-state index contributed by atoms with van der Waals surface area (Å²) in [5.41, 5.74) is 6.47. The van der Waals surface area contributed by atoms with Crippen LogP contribution >= 0.6 is 12.4 Å². The van der Waals surface area contributed by atoms with Gasteiger partial charge in [0.05, 0.1) is 11.1 Å². The summed E-state index contributed by atoms with van der Waals surface area (Å²) in [5.74, 6) is -1.01. The number of hydrogen-bond donors (Lipinski definition) is 3. The van der Waals surface area contributed by atoms with Gasteiger partial charge in [-0.25, -0.2) is 8.42 Å². The number of sulfonamides is 1.